The van der Waals surface area contributed by atoms with Crippen molar-refractivity contribution < 1.29 is 9.47 Å². The molecule has 0 fully saturated rings. The van der Waals surface area contributed by atoms with Crippen LogP contribution in [0.25, 0.3) is 22.0 Å². The zero-order valence-corrected chi connectivity index (χ0v) is 16.2. The van der Waals surface area contributed by atoms with Crippen LogP contribution in [0.15, 0.2) is 66.7 Å². The fraction of sp³-hybridized carbons (Fsp3) is 0.0909. The molecule has 1 N–H and O–H groups in total. The summed E-state index contributed by atoms with van der Waals surface area (Å²) in [4.78, 5) is 0. The summed E-state index contributed by atoms with van der Waals surface area (Å²) >= 11 is 6.11. The molecule has 0 unspecified atom stereocenters. The minimum absolute atomic E-state index is 0.609. The maximum atomic E-state index is 6.11. The van der Waals surface area contributed by atoms with Crippen LogP contribution in [0.5, 0.6) is 11.5 Å². The molecule has 3 aromatic carbocycles. The maximum absolute atomic E-state index is 6.11. The van der Waals surface area contributed by atoms with E-state index in [1.165, 1.54) is 0 Å². The third-order valence-electron chi connectivity index (χ3n) is 4.42. The highest BCUT2D eigenvalue weighted by Crippen LogP contribution is 2.39. The van der Waals surface area contributed by atoms with E-state index in [-0.39, 0.29) is 0 Å². The number of fused-ring (bicyclic) bond motifs is 1. The molecule has 0 spiro atoms. The number of hydrogen-bond donors (Lipinski definition) is 1. The Balaban J connectivity index is 1.94. The average molecular weight is 392 g/mol. The topological polar surface area (TPSA) is 56.3 Å². The van der Waals surface area contributed by atoms with Crippen molar-refractivity contribution in [1.82, 2.24) is 10.2 Å². The van der Waals surface area contributed by atoms with Gasteiger partial charge >= 0.3 is 0 Å². The standard InChI is InChI=1S/C22H18ClN3O2/c1-27-19-12-17-18(13-20(19)28-2)22(24-16-10-6-9-15(23)11-16)26-25-21(17)14-7-4-3-5-8-14/h3-13H,1-2H3,(H,24,26). The Morgan fingerprint density at radius 2 is 1.50 bits per heavy atom. The van der Waals surface area contributed by atoms with Gasteiger partial charge in [-0.3, -0.25) is 0 Å². The number of nitrogens with one attached hydrogen (secondary N) is 1. The van der Waals surface area contributed by atoms with Gasteiger partial charge in [-0.25, -0.2) is 0 Å². The molecule has 0 saturated heterocycles. The van der Waals surface area contributed by atoms with Gasteiger partial charge < -0.3 is 14.8 Å². The van der Waals surface area contributed by atoms with Crippen molar-refractivity contribution >= 4 is 33.9 Å². The highest BCUT2D eigenvalue weighted by atomic mass is 35.5. The number of rotatable bonds is 5. The van der Waals surface area contributed by atoms with Crippen molar-refractivity contribution in [2.75, 3.05) is 19.5 Å². The minimum Gasteiger partial charge on any atom is -0.493 e. The van der Waals surface area contributed by atoms with Crippen LogP contribution < -0.4 is 14.8 Å². The Labute approximate surface area is 167 Å². The van der Waals surface area contributed by atoms with Gasteiger partial charge in [0.15, 0.2) is 17.3 Å². The summed E-state index contributed by atoms with van der Waals surface area (Å²) < 4.78 is 11.0. The molecular formula is C22H18ClN3O2. The van der Waals surface area contributed by atoms with Crippen LogP contribution in [0.4, 0.5) is 11.5 Å². The molecule has 1 heterocycles. The molecule has 0 aliphatic heterocycles. The number of halogens is 1. The number of hydrogen-bond acceptors (Lipinski definition) is 5. The Morgan fingerprint density at radius 1 is 0.786 bits per heavy atom. The second-order valence-electron chi connectivity index (χ2n) is 6.15. The van der Waals surface area contributed by atoms with Crippen LogP contribution in [0.3, 0.4) is 0 Å². The number of ether oxygens (including phenoxy) is 2. The molecule has 4 rings (SSSR count). The normalized spacial score (nSPS) is 10.7. The van der Waals surface area contributed by atoms with Crippen molar-refractivity contribution in [3.63, 3.8) is 0 Å². The molecule has 0 aliphatic carbocycles. The van der Waals surface area contributed by atoms with Crippen LogP contribution in [0.1, 0.15) is 0 Å². The van der Waals surface area contributed by atoms with E-state index in [0.29, 0.717) is 22.3 Å². The van der Waals surface area contributed by atoms with E-state index in [9.17, 15) is 0 Å². The van der Waals surface area contributed by atoms with Crippen molar-refractivity contribution in [3.05, 3.63) is 71.8 Å². The van der Waals surface area contributed by atoms with Gasteiger partial charge in [0, 0.05) is 27.0 Å². The number of aromatic nitrogens is 2. The van der Waals surface area contributed by atoms with Crippen molar-refractivity contribution in [2.45, 2.75) is 0 Å². The van der Waals surface area contributed by atoms with Gasteiger partial charge in [-0.1, -0.05) is 48.0 Å². The van der Waals surface area contributed by atoms with Crippen LogP contribution in [-0.2, 0) is 0 Å². The average Bonchev–Trinajstić information content (AvgIpc) is 2.73. The summed E-state index contributed by atoms with van der Waals surface area (Å²) in [5.41, 5.74) is 2.57. The predicted octanol–water partition coefficient (Wildman–Crippen LogP) is 5.71. The summed E-state index contributed by atoms with van der Waals surface area (Å²) in [5.74, 6) is 1.86. The first-order chi connectivity index (χ1) is 13.7. The molecule has 0 atom stereocenters. The zero-order chi connectivity index (χ0) is 19.5. The molecule has 0 saturated carbocycles. The summed E-state index contributed by atoms with van der Waals surface area (Å²) in [6, 6.07) is 21.2. The van der Waals surface area contributed by atoms with E-state index in [1.54, 1.807) is 14.2 Å². The maximum Gasteiger partial charge on any atom is 0.161 e. The van der Waals surface area contributed by atoms with E-state index in [4.69, 9.17) is 21.1 Å². The van der Waals surface area contributed by atoms with Gasteiger partial charge in [0.1, 0.15) is 5.69 Å². The molecule has 4 aromatic rings. The Hall–Kier alpha value is -3.31. The summed E-state index contributed by atoms with van der Waals surface area (Å²) in [5, 5.41) is 14.6. The van der Waals surface area contributed by atoms with Crippen LogP contribution >= 0.6 is 11.6 Å². The molecular weight excluding hydrogens is 374 g/mol. The monoisotopic (exact) mass is 391 g/mol. The summed E-state index contributed by atoms with van der Waals surface area (Å²) in [7, 11) is 3.23. The van der Waals surface area contributed by atoms with Gasteiger partial charge in [-0.15, -0.1) is 10.2 Å². The Kier molecular flexibility index (Phi) is 5.00. The van der Waals surface area contributed by atoms with E-state index >= 15 is 0 Å². The van der Waals surface area contributed by atoms with E-state index in [1.807, 2.05) is 66.7 Å². The van der Waals surface area contributed by atoms with Crippen molar-refractivity contribution in [3.8, 4) is 22.8 Å². The van der Waals surface area contributed by atoms with E-state index < -0.39 is 0 Å². The minimum atomic E-state index is 0.609. The molecule has 28 heavy (non-hydrogen) atoms. The fourth-order valence-corrected chi connectivity index (χ4v) is 3.27. The van der Waals surface area contributed by atoms with Gasteiger partial charge in [-0.2, -0.15) is 0 Å². The molecule has 5 nitrogen and oxygen atoms in total. The molecule has 0 radical (unpaired) electrons. The predicted molar refractivity (Wildman–Crippen MR) is 113 cm³/mol. The lowest BCUT2D eigenvalue weighted by atomic mass is 10.0. The first-order valence-electron chi connectivity index (χ1n) is 8.70. The molecule has 1 aromatic heterocycles. The number of nitrogens with zero attached hydrogens (tertiary/aromatic N) is 2. The lowest BCUT2D eigenvalue weighted by Crippen LogP contribution is -2.00. The third-order valence-corrected chi connectivity index (χ3v) is 4.65. The molecule has 140 valence electrons. The quantitative estimate of drug-likeness (QED) is 0.472. The Morgan fingerprint density at radius 3 is 2.18 bits per heavy atom. The number of methoxy groups -OCH3 is 2. The van der Waals surface area contributed by atoms with Gasteiger partial charge in [0.25, 0.3) is 0 Å². The molecule has 0 aliphatic rings. The zero-order valence-electron chi connectivity index (χ0n) is 15.4. The Bertz CT molecular complexity index is 1130. The van der Waals surface area contributed by atoms with Crippen molar-refractivity contribution in [2.24, 2.45) is 0 Å². The summed E-state index contributed by atoms with van der Waals surface area (Å²) in [6.45, 7) is 0. The number of benzene rings is 3. The van der Waals surface area contributed by atoms with Gasteiger partial charge in [0.2, 0.25) is 0 Å². The van der Waals surface area contributed by atoms with Gasteiger partial charge in [-0.05, 0) is 30.3 Å². The lowest BCUT2D eigenvalue weighted by molar-refractivity contribution is 0.356. The molecule has 0 bridgehead atoms. The fourth-order valence-electron chi connectivity index (χ4n) is 3.08. The molecule has 0 amide bonds. The van der Waals surface area contributed by atoms with E-state index in [2.05, 4.69) is 15.5 Å². The first kappa shape index (κ1) is 18.1. The highest BCUT2D eigenvalue weighted by molar-refractivity contribution is 6.30. The third kappa shape index (κ3) is 3.44. The van der Waals surface area contributed by atoms with Crippen molar-refractivity contribution in [1.29, 1.82) is 0 Å². The second-order valence-corrected chi connectivity index (χ2v) is 6.59. The van der Waals surface area contributed by atoms with Crippen LogP contribution in [0.2, 0.25) is 5.02 Å². The number of anilines is 2. The summed E-state index contributed by atoms with van der Waals surface area (Å²) in [6.07, 6.45) is 0. The van der Waals surface area contributed by atoms with E-state index in [0.717, 1.165) is 27.7 Å². The van der Waals surface area contributed by atoms with Crippen LogP contribution in [0, 0.1) is 0 Å². The largest absolute Gasteiger partial charge is 0.493 e. The molecule has 6 heteroatoms. The smallest absolute Gasteiger partial charge is 0.161 e. The first-order valence-corrected chi connectivity index (χ1v) is 9.08. The lowest BCUT2D eigenvalue weighted by Gasteiger charge is -2.15. The highest BCUT2D eigenvalue weighted by Gasteiger charge is 2.16. The SMILES string of the molecule is COc1cc2c(Nc3cccc(Cl)c3)nnc(-c3ccccc3)c2cc1OC. The van der Waals surface area contributed by atoms with Gasteiger partial charge in [0.05, 0.1) is 14.2 Å². The van der Waals surface area contributed by atoms with Crippen LogP contribution in [-0.4, -0.2) is 24.4 Å². The second kappa shape index (κ2) is 7.74.